The number of nitro benzene ring substituents is 1. The average molecular weight is 387 g/mol. The smallest absolute Gasteiger partial charge is 0.269 e. The van der Waals surface area contributed by atoms with Gasteiger partial charge in [0.15, 0.2) is 5.82 Å². The van der Waals surface area contributed by atoms with Gasteiger partial charge in [-0.2, -0.15) is 0 Å². The van der Waals surface area contributed by atoms with Crippen LogP contribution in [0.25, 0.3) is 0 Å². The summed E-state index contributed by atoms with van der Waals surface area (Å²) in [6.07, 6.45) is 0.198. The normalized spacial score (nSPS) is 14.7. The fourth-order valence-electron chi connectivity index (χ4n) is 2.99. The molecule has 3 rings (SSSR count). The van der Waals surface area contributed by atoms with Crippen LogP contribution in [0.15, 0.2) is 34.9 Å². The summed E-state index contributed by atoms with van der Waals surface area (Å²) >= 11 is 0. The lowest BCUT2D eigenvalue weighted by atomic mass is 10.1. The quantitative estimate of drug-likeness (QED) is 0.584. The van der Waals surface area contributed by atoms with Crippen molar-refractivity contribution >= 4 is 23.3 Å². The number of nitrogens with one attached hydrogen (secondary N) is 1. The molecule has 28 heavy (non-hydrogen) atoms. The molecule has 0 unspecified atom stereocenters. The summed E-state index contributed by atoms with van der Waals surface area (Å²) in [6.45, 7) is 4.21. The molecule has 2 amide bonds. The first-order valence-corrected chi connectivity index (χ1v) is 8.87. The predicted molar refractivity (Wildman–Crippen MR) is 99.7 cm³/mol. The van der Waals surface area contributed by atoms with E-state index in [4.69, 9.17) is 4.52 Å². The molecule has 10 nitrogen and oxygen atoms in total. The number of piperazine rings is 1. The summed E-state index contributed by atoms with van der Waals surface area (Å²) in [5.41, 5.74) is 0.740. The van der Waals surface area contributed by atoms with Crippen LogP contribution in [0.1, 0.15) is 11.3 Å². The van der Waals surface area contributed by atoms with Crippen LogP contribution in [-0.2, 0) is 16.0 Å². The molecule has 148 valence electrons. The molecule has 1 saturated heterocycles. The standard InChI is InChI=1S/C18H21N5O5/c1-13-10-16(20-28-13)19-17(24)12-21-6-8-22(9-7-21)18(25)11-14-2-4-15(5-3-14)23(26)27/h2-5,10H,6-9,11-12H2,1H3,(H,19,20,24). The maximum absolute atomic E-state index is 12.4. The Kier molecular flexibility index (Phi) is 5.99. The molecule has 1 aliphatic heterocycles. The molecule has 10 heteroatoms. The fourth-order valence-corrected chi connectivity index (χ4v) is 2.99. The highest BCUT2D eigenvalue weighted by Crippen LogP contribution is 2.14. The minimum Gasteiger partial charge on any atom is -0.360 e. The van der Waals surface area contributed by atoms with Crippen molar-refractivity contribution in [2.75, 3.05) is 38.0 Å². The molecule has 2 aromatic rings. The number of carbonyl (C=O) groups is 2. The molecule has 0 atom stereocenters. The van der Waals surface area contributed by atoms with Gasteiger partial charge in [-0.3, -0.25) is 24.6 Å². The lowest BCUT2D eigenvalue weighted by Crippen LogP contribution is -2.50. The summed E-state index contributed by atoms with van der Waals surface area (Å²) in [6, 6.07) is 7.64. The van der Waals surface area contributed by atoms with Crippen LogP contribution >= 0.6 is 0 Å². The van der Waals surface area contributed by atoms with Crippen molar-refractivity contribution < 1.29 is 19.0 Å². The zero-order valence-corrected chi connectivity index (χ0v) is 15.5. The van der Waals surface area contributed by atoms with Crippen LogP contribution in [-0.4, -0.2) is 64.4 Å². The van der Waals surface area contributed by atoms with E-state index in [1.807, 2.05) is 4.90 Å². The number of hydrogen-bond donors (Lipinski definition) is 1. The van der Waals surface area contributed by atoms with Gasteiger partial charge in [-0.25, -0.2) is 0 Å². The predicted octanol–water partition coefficient (Wildman–Crippen LogP) is 1.22. The highest BCUT2D eigenvalue weighted by molar-refractivity contribution is 5.91. The lowest BCUT2D eigenvalue weighted by molar-refractivity contribution is -0.384. The van der Waals surface area contributed by atoms with E-state index in [2.05, 4.69) is 10.5 Å². The first-order chi connectivity index (χ1) is 13.4. The number of hydrogen-bond acceptors (Lipinski definition) is 7. The summed E-state index contributed by atoms with van der Waals surface area (Å²) in [5.74, 6) is 0.796. The van der Waals surface area contributed by atoms with Gasteiger partial charge in [-0.1, -0.05) is 17.3 Å². The minimum atomic E-state index is -0.467. The average Bonchev–Trinajstić information content (AvgIpc) is 3.07. The molecule has 1 aromatic heterocycles. The first kappa shape index (κ1) is 19.5. The Morgan fingerprint density at radius 3 is 2.46 bits per heavy atom. The maximum atomic E-state index is 12.4. The van der Waals surface area contributed by atoms with Crippen molar-refractivity contribution in [2.45, 2.75) is 13.3 Å². The second-order valence-electron chi connectivity index (χ2n) is 6.63. The fraction of sp³-hybridized carbons (Fsp3) is 0.389. The summed E-state index contributed by atoms with van der Waals surface area (Å²) in [7, 11) is 0. The van der Waals surface area contributed by atoms with Crippen molar-refractivity contribution in [3.05, 3.63) is 51.8 Å². The Labute approximate surface area is 161 Å². The Balaban J connectivity index is 1.43. The SMILES string of the molecule is Cc1cc(NC(=O)CN2CCN(C(=O)Cc3ccc([N+](=O)[O-])cc3)CC2)no1. The maximum Gasteiger partial charge on any atom is 0.269 e. The highest BCUT2D eigenvalue weighted by Gasteiger charge is 2.23. The third-order valence-corrected chi connectivity index (χ3v) is 4.49. The molecule has 2 heterocycles. The van der Waals surface area contributed by atoms with Crippen molar-refractivity contribution in [2.24, 2.45) is 0 Å². The molecule has 0 aliphatic carbocycles. The second kappa shape index (κ2) is 8.61. The van der Waals surface area contributed by atoms with Crippen LogP contribution in [0.5, 0.6) is 0 Å². The number of anilines is 1. The van der Waals surface area contributed by atoms with Crippen LogP contribution in [0.4, 0.5) is 11.5 Å². The van der Waals surface area contributed by atoms with Gasteiger partial charge in [-0.05, 0) is 12.5 Å². The van der Waals surface area contributed by atoms with Gasteiger partial charge in [0.25, 0.3) is 5.69 Å². The topological polar surface area (TPSA) is 122 Å². The molecule has 1 aromatic carbocycles. The highest BCUT2D eigenvalue weighted by atomic mass is 16.6. The minimum absolute atomic E-state index is 0.00358. The Bertz CT molecular complexity index is 856. The largest absolute Gasteiger partial charge is 0.360 e. The van der Waals surface area contributed by atoms with Crippen molar-refractivity contribution in [1.29, 1.82) is 0 Å². The molecular weight excluding hydrogens is 366 g/mol. The Hall–Kier alpha value is -3.27. The van der Waals surface area contributed by atoms with E-state index >= 15 is 0 Å². The van der Waals surface area contributed by atoms with Crippen LogP contribution in [0.2, 0.25) is 0 Å². The third kappa shape index (κ3) is 5.13. The van der Waals surface area contributed by atoms with E-state index in [1.54, 1.807) is 30.0 Å². The van der Waals surface area contributed by atoms with Gasteiger partial charge < -0.3 is 14.7 Å². The number of aryl methyl sites for hydroxylation is 1. The second-order valence-corrected chi connectivity index (χ2v) is 6.63. The van der Waals surface area contributed by atoms with Crippen LogP contribution in [0, 0.1) is 17.0 Å². The molecular formula is C18H21N5O5. The number of rotatable bonds is 6. The number of benzene rings is 1. The van der Waals surface area contributed by atoms with Crippen molar-refractivity contribution in [3.8, 4) is 0 Å². The molecule has 0 radical (unpaired) electrons. The zero-order valence-electron chi connectivity index (χ0n) is 15.5. The van der Waals surface area contributed by atoms with E-state index in [0.29, 0.717) is 37.8 Å². The Morgan fingerprint density at radius 2 is 1.89 bits per heavy atom. The number of nitrogens with zero attached hydrogens (tertiary/aromatic N) is 4. The molecule has 0 spiro atoms. The molecule has 0 saturated carbocycles. The number of non-ortho nitro benzene ring substituents is 1. The molecule has 0 bridgehead atoms. The molecule has 1 fully saturated rings. The Morgan fingerprint density at radius 1 is 1.21 bits per heavy atom. The summed E-state index contributed by atoms with van der Waals surface area (Å²) in [5, 5.41) is 17.1. The molecule has 1 aliphatic rings. The van der Waals surface area contributed by atoms with E-state index < -0.39 is 4.92 Å². The van der Waals surface area contributed by atoms with Gasteiger partial charge in [0.1, 0.15) is 5.76 Å². The lowest BCUT2D eigenvalue weighted by Gasteiger charge is -2.34. The van der Waals surface area contributed by atoms with Gasteiger partial charge in [0, 0.05) is 44.4 Å². The van der Waals surface area contributed by atoms with Gasteiger partial charge in [-0.15, -0.1) is 0 Å². The van der Waals surface area contributed by atoms with E-state index in [1.165, 1.54) is 12.1 Å². The van der Waals surface area contributed by atoms with Crippen LogP contribution < -0.4 is 5.32 Å². The van der Waals surface area contributed by atoms with E-state index in [-0.39, 0.29) is 30.5 Å². The van der Waals surface area contributed by atoms with Gasteiger partial charge >= 0.3 is 0 Å². The van der Waals surface area contributed by atoms with Crippen molar-refractivity contribution in [3.63, 3.8) is 0 Å². The first-order valence-electron chi connectivity index (χ1n) is 8.87. The van der Waals surface area contributed by atoms with E-state index in [9.17, 15) is 19.7 Å². The summed E-state index contributed by atoms with van der Waals surface area (Å²) < 4.78 is 4.91. The zero-order chi connectivity index (χ0) is 20.1. The molecule has 1 N–H and O–H groups in total. The number of carbonyl (C=O) groups excluding carboxylic acids is 2. The number of aromatic nitrogens is 1. The van der Waals surface area contributed by atoms with E-state index in [0.717, 1.165) is 5.56 Å². The summed E-state index contributed by atoms with van der Waals surface area (Å²) in [4.78, 5) is 38.4. The van der Waals surface area contributed by atoms with Gasteiger partial charge in [0.05, 0.1) is 17.9 Å². The number of nitro groups is 1. The number of amides is 2. The van der Waals surface area contributed by atoms with Crippen molar-refractivity contribution in [1.82, 2.24) is 15.0 Å². The third-order valence-electron chi connectivity index (χ3n) is 4.49. The van der Waals surface area contributed by atoms with Crippen LogP contribution in [0.3, 0.4) is 0 Å². The van der Waals surface area contributed by atoms with Gasteiger partial charge in [0.2, 0.25) is 11.8 Å². The monoisotopic (exact) mass is 387 g/mol.